The van der Waals surface area contributed by atoms with E-state index in [9.17, 15) is 14.2 Å². The smallest absolute Gasteiger partial charge is 0.415 e. The van der Waals surface area contributed by atoms with Crippen LogP contribution in [0.3, 0.4) is 0 Å². The Kier molecular flexibility index (Phi) is 14.9. The lowest BCUT2D eigenvalue weighted by atomic mass is 9.81. The van der Waals surface area contributed by atoms with Crippen LogP contribution in [-0.4, -0.2) is 25.4 Å². The van der Waals surface area contributed by atoms with Gasteiger partial charge >= 0.3 is 20.4 Å². The lowest BCUT2D eigenvalue weighted by Crippen LogP contribution is -2.54. The molecule has 0 aliphatic rings. The van der Waals surface area contributed by atoms with Gasteiger partial charge in [0, 0.05) is 11.4 Å². The van der Waals surface area contributed by atoms with Gasteiger partial charge in [-0.05, 0) is 57.6 Å². The molecule has 0 saturated heterocycles. The number of para-hydroxylation sites is 2. The van der Waals surface area contributed by atoms with E-state index in [0.717, 1.165) is 11.1 Å². The molecule has 0 heterocycles. The Balaban J connectivity index is 1.20. The molecule has 0 spiro atoms. The minimum Gasteiger partial charge on any atom is -0.444 e. The van der Waals surface area contributed by atoms with Crippen molar-refractivity contribution < 1.29 is 32.7 Å². The largest absolute Gasteiger partial charge is 0.444 e. The van der Waals surface area contributed by atoms with Crippen LogP contribution in [0.1, 0.15) is 33.4 Å². The molecule has 0 aliphatic carbocycles. The second kappa shape index (κ2) is 21.9. The van der Waals surface area contributed by atoms with Gasteiger partial charge in [0.15, 0.2) is 0 Å². The van der Waals surface area contributed by atoms with E-state index < -0.39 is 31.5 Å². The highest BCUT2D eigenvalue weighted by Crippen LogP contribution is 2.46. The molecule has 8 aromatic carbocycles. The molecule has 8 aromatic rings. The van der Waals surface area contributed by atoms with Gasteiger partial charge < -0.3 is 18.5 Å². The normalized spacial score (nSPS) is 11.4. The van der Waals surface area contributed by atoms with Crippen molar-refractivity contribution in [2.45, 2.75) is 24.3 Å². The maximum atomic E-state index is 14.8. The molecule has 0 radical (unpaired) electrons. The SMILES string of the molecule is O=C(OCc1ccccc1)N(c1ccccc1)C(CO[PH](=O)OCC(c1ccccc1)(c1ccccc1)N(C(=O)OCc1ccccc1)c1ccccc1)(c1ccccc1)c1ccccc1. The van der Waals surface area contributed by atoms with Crippen LogP contribution in [0.15, 0.2) is 243 Å². The third kappa shape index (κ3) is 10.2. The second-order valence-corrected chi connectivity index (χ2v) is 16.5. The Hall–Kier alpha value is -7.55. The monoisotopic (exact) mass is 892 g/mol. The maximum Gasteiger partial charge on any atom is 0.415 e. The van der Waals surface area contributed by atoms with Crippen LogP contribution in [-0.2, 0) is 47.4 Å². The number of rotatable bonds is 18. The topological polar surface area (TPSA) is 94.6 Å². The quantitative estimate of drug-likeness (QED) is 0.0792. The lowest BCUT2D eigenvalue weighted by Gasteiger charge is -2.44. The van der Waals surface area contributed by atoms with Crippen molar-refractivity contribution in [2.75, 3.05) is 23.0 Å². The van der Waals surface area contributed by atoms with Crippen LogP contribution in [0.25, 0.3) is 0 Å². The molecule has 0 atom stereocenters. The highest BCUT2D eigenvalue weighted by Gasteiger charge is 2.48. The fraction of sp³-hybridized carbons (Fsp3) is 0.107. The van der Waals surface area contributed by atoms with Crippen LogP contribution in [0.4, 0.5) is 21.0 Å². The molecular formula is C56H49N2O7P. The number of hydrogen-bond acceptors (Lipinski definition) is 7. The fourth-order valence-electron chi connectivity index (χ4n) is 8.22. The Bertz CT molecular complexity index is 2480. The first kappa shape index (κ1) is 45.0. The zero-order valence-corrected chi connectivity index (χ0v) is 37.2. The molecule has 8 rings (SSSR count). The molecule has 0 N–H and O–H groups in total. The number of benzene rings is 8. The predicted octanol–water partition coefficient (Wildman–Crippen LogP) is 13.0. The zero-order chi connectivity index (χ0) is 45.4. The van der Waals surface area contributed by atoms with Gasteiger partial charge in [0.25, 0.3) is 0 Å². The molecule has 330 valence electrons. The maximum absolute atomic E-state index is 14.8. The molecule has 0 saturated carbocycles. The van der Waals surface area contributed by atoms with E-state index in [1.807, 2.05) is 243 Å². The Morgan fingerprint density at radius 2 is 0.606 bits per heavy atom. The first-order chi connectivity index (χ1) is 32.5. The number of carbonyl (C=O) groups excluding carboxylic acids is 2. The minimum atomic E-state index is -3.48. The van der Waals surface area contributed by atoms with E-state index in [1.54, 1.807) is 9.80 Å². The van der Waals surface area contributed by atoms with Gasteiger partial charge in [-0.2, -0.15) is 0 Å². The molecule has 0 unspecified atom stereocenters. The van der Waals surface area contributed by atoms with Crippen LogP contribution in [0, 0.1) is 0 Å². The van der Waals surface area contributed by atoms with Crippen molar-refractivity contribution >= 4 is 31.8 Å². The molecule has 66 heavy (non-hydrogen) atoms. The van der Waals surface area contributed by atoms with Gasteiger partial charge in [0.1, 0.15) is 24.3 Å². The molecular weight excluding hydrogens is 844 g/mol. The summed E-state index contributed by atoms with van der Waals surface area (Å²) in [6.07, 6.45) is -1.30. The average Bonchev–Trinajstić information content (AvgIpc) is 3.39. The van der Waals surface area contributed by atoms with Gasteiger partial charge in [-0.1, -0.05) is 218 Å². The van der Waals surface area contributed by atoms with Gasteiger partial charge in [0.2, 0.25) is 0 Å². The zero-order valence-electron chi connectivity index (χ0n) is 36.2. The molecule has 0 aromatic heterocycles. The number of nitrogens with zero attached hydrogens (tertiary/aromatic N) is 2. The van der Waals surface area contributed by atoms with Gasteiger partial charge in [-0.3, -0.25) is 14.4 Å². The second-order valence-electron chi connectivity index (χ2n) is 15.4. The average molecular weight is 893 g/mol. The molecule has 2 amide bonds. The summed E-state index contributed by atoms with van der Waals surface area (Å²) in [6.45, 7) is -0.620. The number of amides is 2. The predicted molar refractivity (Wildman–Crippen MR) is 259 cm³/mol. The molecule has 0 fully saturated rings. The third-order valence-corrected chi connectivity index (χ3v) is 12.1. The van der Waals surface area contributed by atoms with Crippen molar-refractivity contribution in [1.82, 2.24) is 0 Å². The summed E-state index contributed by atoms with van der Waals surface area (Å²) in [6, 6.07) is 75.2. The first-order valence-corrected chi connectivity index (χ1v) is 22.8. The Labute approximate surface area is 386 Å². The van der Waals surface area contributed by atoms with Gasteiger partial charge in [-0.25, -0.2) is 9.59 Å². The van der Waals surface area contributed by atoms with Crippen molar-refractivity contribution in [1.29, 1.82) is 0 Å². The summed E-state index contributed by atoms with van der Waals surface area (Å²) in [7, 11) is -3.48. The summed E-state index contributed by atoms with van der Waals surface area (Å²) in [4.78, 5) is 32.8. The van der Waals surface area contributed by atoms with Crippen molar-refractivity contribution in [3.63, 3.8) is 0 Å². The number of carbonyl (C=O) groups is 2. The number of ether oxygens (including phenoxy) is 2. The van der Waals surface area contributed by atoms with Crippen LogP contribution < -0.4 is 9.80 Å². The van der Waals surface area contributed by atoms with E-state index in [4.69, 9.17) is 18.5 Å². The van der Waals surface area contributed by atoms with E-state index in [-0.39, 0.29) is 26.4 Å². The van der Waals surface area contributed by atoms with E-state index >= 15 is 0 Å². The lowest BCUT2D eigenvalue weighted by molar-refractivity contribution is 0.124. The van der Waals surface area contributed by atoms with Crippen LogP contribution in [0.2, 0.25) is 0 Å². The third-order valence-electron chi connectivity index (χ3n) is 11.4. The summed E-state index contributed by atoms with van der Waals surface area (Å²) >= 11 is 0. The number of anilines is 2. The van der Waals surface area contributed by atoms with E-state index in [2.05, 4.69) is 0 Å². The summed E-state index contributed by atoms with van der Waals surface area (Å²) in [5, 5.41) is 0. The molecule has 10 heteroatoms. The summed E-state index contributed by atoms with van der Waals surface area (Å²) < 4.78 is 40.0. The highest BCUT2D eigenvalue weighted by molar-refractivity contribution is 7.33. The van der Waals surface area contributed by atoms with Crippen molar-refractivity contribution in [2.24, 2.45) is 0 Å². The van der Waals surface area contributed by atoms with Gasteiger partial charge in [-0.15, -0.1) is 0 Å². The molecule has 0 bridgehead atoms. The summed E-state index contributed by atoms with van der Waals surface area (Å²) in [5.41, 5.74) is 2.45. The fourth-order valence-corrected chi connectivity index (χ4v) is 8.96. The Morgan fingerprint density at radius 3 is 0.879 bits per heavy atom. The summed E-state index contributed by atoms with van der Waals surface area (Å²) in [5.74, 6) is 0. The van der Waals surface area contributed by atoms with Crippen LogP contribution in [0.5, 0.6) is 0 Å². The molecule has 0 aliphatic heterocycles. The van der Waals surface area contributed by atoms with Crippen LogP contribution >= 0.6 is 8.25 Å². The Morgan fingerprint density at radius 1 is 0.364 bits per heavy atom. The minimum absolute atomic E-state index is 0.00990. The van der Waals surface area contributed by atoms with Crippen molar-refractivity contribution in [3.8, 4) is 0 Å². The highest BCUT2D eigenvalue weighted by atomic mass is 31.1. The van der Waals surface area contributed by atoms with Crippen molar-refractivity contribution in [3.05, 3.63) is 276 Å². The standard InChI is InChI=1S/C56H49N2O7P/c59-53(62-41-45-25-9-1-10-26-45)57(51-37-21-7-22-38-51)55(47-29-13-3-14-30-47,48-31-15-4-16-32-48)43-64-66(61)65-44-56(49-33-17-5-18-34-49,50-35-19-6-20-36-50)58(52-39-23-8-24-40-52)54(60)63-42-46-27-11-2-12-28-46/h1-40,66H,41-44H2. The molecule has 9 nitrogen and oxygen atoms in total. The number of hydrogen-bond donors (Lipinski definition) is 0. The first-order valence-electron chi connectivity index (χ1n) is 21.6. The van der Waals surface area contributed by atoms with Gasteiger partial charge in [0.05, 0.1) is 13.2 Å². The van der Waals surface area contributed by atoms with E-state index in [0.29, 0.717) is 33.6 Å². The van der Waals surface area contributed by atoms with E-state index in [1.165, 1.54) is 0 Å².